The van der Waals surface area contributed by atoms with Crippen LogP contribution in [0, 0.1) is 6.92 Å². The predicted octanol–water partition coefficient (Wildman–Crippen LogP) is 2.19. The van der Waals surface area contributed by atoms with Crippen molar-refractivity contribution in [1.29, 1.82) is 0 Å². The Morgan fingerprint density at radius 1 is 1.50 bits per heavy atom. The quantitative estimate of drug-likeness (QED) is 0.743. The third kappa shape index (κ3) is 2.31. The molecule has 0 aliphatic heterocycles. The molecule has 1 rings (SSSR count). The fourth-order valence-corrected chi connectivity index (χ4v) is 1.23. The second-order valence-corrected chi connectivity index (χ2v) is 3.10. The van der Waals surface area contributed by atoms with Gasteiger partial charge in [-0.25, -0.2) is 0 Å². The minimum atomic E-state index is 0.106. The number of nitrogens with zero attached hydrogens (tertiary/aromatic N) is 1. The van der Waals surface area contributed by atoms with Crippen LogP contribution in [0.4, 0.5) is 0 Å². The number of hydrogen-bond donors (Lipinski definition) is 1. The molecule has 1 aromatic rings. The summed E-state index contributed by atoms with van der Waals surface area (Å²) >= 11 is 0. The molecule has 0 aromatic carbocycles. The van der Waals surface area contributed by atoms with E-state index in [0.717, 1.165) is 24.2 Å². The maximum absolute atomic E-state index is 5.91. The lowest BCUT2D eigenvalue weighted by molar-refractivity contribution is 0.620. The number of nitrogens with two attached hydrogens (primary N) is 1. The highest BCUT2D eigenvalue weighted by molar-refractivity contribution is 5.12. The third-order valence-corrected chi connectivity index (χ3v) is 1.89. The van der Waals surface area contributed by atoms with E-state index in [0.29, 0.717) is 0 Å². The first-order valence-corrected chi connectivity index (χ1v) is 4.43. The zero-order valence-corrected chi connectivity index (χ0v) is 7.75. The van der Waals surface area contributed by atoms with Crippen molar-refractivity contribution in [3.05, 3.63) is 29.6 Å². The lowest BCUT2D eigenvalue weighted by atomic mass is 10.1. The Bertz CT molecular complexity index is 245. The normalized spacial score (nSPS) is 12.9. The minimum Gasteiger partial charge on any atom is -0.323 e. The zero-order chi connectivity index (χ0) is 8.97. The molecule has 0 amide bonds. The van der Waals surface area contributed by atoms with E-state index in [1.807, 2.05) is 25.1 Å². The third-order valence-electron chi connectivity index (χ3n) is 1.89. The van der Waals surface area contributed by atoms with Gasteiger partial charge in [-0.2, -0.15) is 0 Å². The van der Waals surface area contributed by atoms with E-state index < -0.39 is 0 Å². The first-order chi connectivity index (χ1) is 5.74. The van der Waals surface area contributed by atoms with Crippen molar-refractivity contribution in [2.24, 2.45) is 5.73 Å². The molecule has 0 saturated heterocycles. The van der Waals surface area contributed by atoms with Crippen molar-refractivity contribution in [3.8, 4) is 0 Å². The molecule has 2 nitrogen and oxygen atoms in total. The highest BCUT2D eigenvalue weighted by atomic mass is 14.8. The van der Waals surface area contributed by atoms with Gasteiger partial charge in [-0.3, -0.25) is 4.98 Å². The van der Waals surface area contributed by atoms with Gasteiger partial charge in [-0.1, -0.05) is 19.4 Å². The monoisotopic (exact) mass is 164 g/mol. The molecule has 2 N–H and O–H groups in total. The molecule has 1 heterocycles. The standard InChI is InChI=1S/C10H16N2/c1-3-5-9(11)10-7-4-6-8(2)12-10/h4,6-7,9H,3,5,11H2,1-2H3. The molecule has 0 spiro atoms. The van der Waals surface area contributed by atoms with Crippen LogP contribution in [0.15, 0.2) is 18.2 Å². The molecule has 0 aliphatic rings. The number of aromatic nitrogens is 1. The average Bonchev–Trinajstić information content (AvgIpc) is 2.05. The summed E-state index contributed by atoms with van der Waals surface area (Å²) in [4.78, 5) is 4.37. The summed E-state index contributed by atoms with van der Waals surface area (Å²) in [6.07, 6.45) is 2.12. The van der Waals surface area contributed by atoms with Gasteiger partial charge in [0.2, 0.25) is 0 Å². The summed E-state index contributed by atoms with van der Waals surface area (Å²) in [7, 11) is 0. The SMILES string of the molecule is CCCC(N)c1cccc(C)n1. The molecule has 0 fully saturated rings. The van der Waals surface area contributed by atoms with Crippen LogP contribution in [0.25, 0.3) is 0 Å². The second kappa shape index (κ2) is 4.21. The van der Waals surface area contributed by atoms with Crippen molar-refractivity contribution in [2.75, 3.05) is 0 Å². The van der Waals surface area contributed by atoms with Crippen LogP contribution in [0.5, 0.6) is 0 Å². The van der Waals surface area contributed by atoms with Gasteiger partial charge in [-0.15, -0.1) is 0 Å². The fourth-order valence-electron chi connectivity index (χ4n) is 1.23. The largest absolute Gasteiger partial charge is 0.323 e. The van der Waals surface area contributed by atoms with E-state index in [1.54, 1.807) is 0 Å². The number of hydrogen-bond acceptors (Lipinski definition) is 2. The van der Waals surface area contributed by atoms with Crippen LogP contribution in [0.1, 0.15) is 37.2 Å². The molecule has 1 aromatic heterocycles. The van der Waals surface area contributed by atoms with Gasteiger partial charge in [0.1, 0.15) is 0 Å². The molecule has 12 heavy (non-hydrogen) atoms. The van der Waals surface area contributed by atoms with Crippen LogP contribution < -0.4 is 5.73 Å². The second-order valence-electron chi connectivity index (χ2n) is 3.10. The highest BCUT2D eigenvalue weighted by Crippen LogP contribution is 2.12. The average molecular weight is 164 g/mol. The molecule has 0 aliphatic carbocycles. The summed E-state index contributed by atoms with van der Waals surface area (Å²) < 4.78 is 0. The Labute approximate surface area is 73.8 Å². The molecule has 0 bridgehead atoms. The Kier molecular flexibility index (Phi) is 3.23. The van der Waals surface area contributed by atoms with E-state index >= 15 is 0 Å². The van der Waals surface area contributed by atoms with E-state index in [9.17, 15) is 0 Å². The summed E-state index contributed by atoms with van der Waals surface area (Å²) in [5, 5.41) is 0. The van der Waals surface area contributed by atoms with Gasteiger partial charge < -0.3 is 5.73 Å². The first-order valence-electron chi connectivity index (χ1n) is 4.43. The van der Waals surface area contributed by atoms with E-state index in [1.165, 1.54) is 0 Å². The first kappa shape index (κ1) is 9.20. The summed E-state index contributed by atoms with van der Waals surface area (Å²) in [5.74, 6) is 0. The lowest BCUT2D eigenvalue weighted by Crippen LogP contribution is -2.11. The van der Waals surface area contributed by atoms with Gasteiger partial charge in [-0.05, 0) is 25.5 Å². The molecular weight excluding hydrogens is 148 g/mol. The molecule has 1 unspecified atom stereocenters. The van der Waals surface area contributed by atoms with Crippen molar-refractivity contribution in [3.63, 3.8) is 0 Å². The van der Waals surface area contributed by atoms with Crippen molar-refractivity contribution in [1.82, 2.24) is 4.98 Å². The Balaban J connectivity index is 2.73. The number of rotatable bonds is 3. The summed E-state index contributed by atoms with van der Waals surface area (Å²) in [5.41, 5.74) is 7.96. The smallest absolute Gasteiger partial charge is 0.0574 e. The van der Waals surface area contributed by atoms with Crippen LogP contribution in [-0.2, 0) is 0 Å². The molecular formula is C10H16N2. The molecule has 2 heteroatoms. The van der Waals surface area contributed by atoms with Crippen molar-refractivity contribution >= 4 is 0 Å². The van der Waals surface area contributed by atoms with Gasteiger partial charge >= 0.3 is 0 Å². The molecule has 1 atom stereocenters. The zero-order valence-electron chi connectivity index (χ0n) is 7.75. The minimum absolute atomic E-state index is 0.106. The maximum atomic E-state index is 5.91. The van der Waals surface area contributed by atoms with Crippen molar-refractivity contribution in [2.45, 2.75) is 32.7 Å². The van der Waals surface area contributed by atoms with Crippen LogP contribution >= 0.6 is 0 Å². The van der Waals surface area contributed by atoms with Crippen LogP contribution in [0.3, 0.4) is 0 Å². The van der Waals surface area contributed by atoms with E-state index in [4.69, 9.17) is 5.73 Å². The van der Waals surface area contributed by atoms with Gasteiger partial charge in [0.05, 0.1) is 5.69 Å². The van der Waals surface area contributed by atoms with Gasteiger partial charge in [0.15, 0.2) is 0 Å². The van der Waals surface area contributed by atoms with Crippen LogP contribution in [0.2, 0.25) is 0 Å². The lowest BCUT2D eigenvalue weighted by Gasteiger charge is -2.09. The topological polar surface area (TPSA) is 38.9 Å². The molecule has 66 valence electrons. The fraction of sp³-hybridized carbons (Fsp3) is 0.500. The molecule has 0 saturated carbocycles. The van der Waals surface area contributed by atoms with Crippen molar-refractivity contribution < 1.29 is 0 Å². The van der Waals surface area contributed by atoms with Gasteiger partial charge in [0.25, 0.3) is 0 Å². The Hall–Kier alpha value is -0.890. The summed E-state index contributed by atoms with van der Waals surface area (Å²) in [6, 6.07) is 6.10. The number of pyridine rings is 1. The molecule has 0 radical (unpaired) electrons. The van der Waals surface area contributed by atoms with Crippen LogP contribution in [-0.4, -0.2) is 4.98 Å². The van der Waals surface area contributed by atoms with E-state index in [2.05, 4.69) is 11.9 Å². The predicted molar refractivity (Wildman–Crippen MR) is 50.8 cm³/mol. The Morgan fingerprint density at radius 2 is 2.25 bits per heavy atom. The summed E-state index contributed by atoms with van der Waals surface area (Å²) in [6.45, 7) is 4.12. The van der Waals surface area contributed by atoms with E-state index in [-0.39, 0.29) is 6.04 Å². The number of aryl methyl sites for hydroxylation is 1. The Morgan fingerprint density at radius 3 is 2.83 bits per heavy atom. The highest BCUT2D eigenvalue weighted by Gasteiger charge is 2.04. The van der Waals surface area contributed by atoms with Gasteiger partial charge in [0, 0.05) is 11.7 Å². The maximum Gasteiger partial charge on any atom is 0.0574 e.